The summed E-state index contributed by atoms with van der Waals surface area (Å²) in [6, 6.07) is 8.24. The van der Waals surface area contributed by atoms with Crippen LogP contribution in [-0.2, 0) is 22.6 Å². The molecule has 6 heteroatoms. The molecule has 2 aromatic rings. The van der Waals surface area contributed by atoms with E-state index in [1.807, 2.05) is 42.7 Å². The van der Waals surface area contributed by atoms with E-state index in [1.165, 1.54) is 12.8 Å². The number of hydrogen-bond donors (Lipinski definition) is 2. The number of nitrogens with zero attached hydrogens (tertiary/aromatic N) is 2. The number of aryl methyl sites for hydroxylation is 1. The molecule has 2 amide bonds. The Morgan fingerprint density at radius 2 is 1.96 bits per heavy atom. The van der Waals surface area contributed by atoms with E-state index in [4.69, 9.17) is 4.98 Å². The van der Waals surface area contributed by atoms with Gasteiger partial charge in [0.2, 0.25) is 11.8 Å². The highest BCUT2D eigenvalue weighted by molar-refractivity contribution is 5.81. The molecule has 3 rings (SSSR count). The van der Waals surface area contributed by atoms with Gasteiger partial charge in [-0.05, 0) is 31.4 Å². The predicted octanol–water partition coefficient (Wildman–Crippen LogP) is 2.80. The van der Waals surface area contributed by atoms with E-state index in [-0.39, 0.29) is 17.7 Å². The van der Waals surface area contributed by atoms with Crippen LogP contribution in [0.15, 0.2) is 24.3 Å². The third-order valence-corrected chi connectivity index (χ3v) is 5.16. The van der Waals surface area contributed by atoms with Gasteiger partial charge in [-0.3, -0.25) is 9.59 Å². The molecule has 1 saturated carbocycles. The third-order valence-electron chi connectivity index (χ3n) is 5.16. The van der Waals surface area contributed by atoms with Gasteiger partial charge < -0.3 is 15.2 Å². The summed E-state index contributed by atoms with van der Waals surface area (Å²) < 4.78 is 2.02. The number of amides is 2. The molecular formula is C21H30N4O2. The molecule has 27 heavy (non-hydrogen) atoms. The van der Waals surface area contributed by atoms with Crippen molar-refractivity contribution in [2.75, 3.05) is 6.54 Å². The van der Waals surface area contributed by atoms with Crippen molar-refractivity contribution < 1.29 is 9.59 Å². The summed E-state index contributed by atoms with van der Waals surface area (Å²) in [5, 5.41) is 6.10. The van der Waals surface area contributed by atoms with Crippen LogP contribution in [0.4, 0.5) is 0 Å². The predicted molar refractivity (Wildman–Crippen MR) is 106 cm³/mol. The summed E-state index contributed by atoms with van der Waals surface area (Å²) in [5.41, 5.74) is 1.90. The molecule has 1 aromatic carbocycles. The fraction of sp³-hybridized carbons (Fsp3) is 0.571. The lowest BCUT2D eigenvalue weighted by molar-refractivity contribution is -0.124. The number of nitrogens with one attached hydrogen (secondary N) is 2. The Bertz CT molecular complexity index is 791. The van der Waals surface area contributed by atoms with E-state index < -0.39 is 0 Å². The Hall–Kier alpha value is -2.37. The van der Waals surface area contributed by atoms with E-state index in [9.17, 15) is 9.59 Å². The highest BCUT2D eigenvalue weighted by Crippen LogP contribution is 2.19. The molecule has 0 saturated heterocycles. The standard InChI is InChI=1S/C21H30N4O2/c1-15(2)21(27)22-13-7-12-19-24-17-10-5-6-11-18(17)25(19)14-20(26)23-16-8-3-4-9-16/h5-6,10-11,15-16H,3-4,7-9,12-14H2,1-2H3,(H,22,27)(H,23,26). The number of carbonyl (C=O) groups excluding carboxylic acids is 2. The van der Waals surface area contributed by atoms with Crippen molar-refractivity contribution in [1.29, 1.82) is 0 Å². The van der Waals surface area contributed by atoms with Crippen molar-refractivity contribution in [3.05, 3.63) is 30.1 Å². The van der Waals surface area contributed by atoms with E-state index in [2.05, 4.69) is 10.6 Å². The largest absolute Gasteiger partial charge is 0.356 e. The van der Waals surface area contributed by atoms with Crippen molar-refractivity contribution in [3.63, 3.8) is 0 Å². The molecule has 1 fully saturated rings. The first-order valence-corrected chi connectivity index (χ1v) is 10.1. The van der Waals surface area contributed by atoms with Gasteiger partial charge in [0, 0.05) is 24.9 Å². The summed E-state index contributed by atoms with van der Waals surface area (Å²) in [4.78, 5) is 28.9. The lowest BCUT2D eigenvalue weighted by Gasteiger charge is -2.14. The number of rotatable bonds is 8. The first-order chi connectivity index (χ1) is 13.0. The van der Waals surface area contributed by atoms with Crippen molar-refractivity contribution in [2.24, 2.45) is 5.92 Å². The normalized spacial score (nSPS) is 14.8. The minimum absolute atomic E-state index is 0.00569. The molecule has 0 aliphatic heterocycles. The Morgan fingerprint density at radius 1 is 1.22 bits per heavy atom. The molecule has 0 bridgehead atoms. The van der Waals surface area contributed by atoms with E-state index in [0.29, 0.717) is 19.1 Å². The zero-order valence-corrected chi connectivity index (χ0v) is 16.3. The smallest absolute Gasteiger partial charge is 0.240 e. The fourth-order valence-electron chi connectivity index (χ4n) is 3.64. The van der Waals surface area contributed by atoms with Gasteiger partial charge in [-0.2, -0.15) is 0 Å². The van der Waals surface area contributed by atoms with Gasteiger partial charge in [0.15, 0.2) is 0 Å². The molecule has 1 heterocycles. The Labute approximate surface area is 160 Å². The van der Waals surface area contributed by atoms with E-state index >= 15 is 0 Å². The zero-order chi connectivity index (χ0) is 19.2. The topological polar surface area (TPSA) is 76.0 Å². The minimum atomic E-state index is -0.00569. The summed E-state index contributed by atoms with van der Waals surface area (Å²) in [5.74, 6) is 1.02. The van der Waals surface area contributed by atoms with Crippen LogP contribution in [-0.4, -0.2) is 34.0 Å². The quantitative estimate of drug-likeness (QED) is 0.702. The second-order valence-corrected chi connectivity index (χ2v) is 7.70. The summed E-state index contributed by atoms with van der Waals surface area (Å²) >= 11 is 0. The molecule has 0 spiro atoms. The molecule has 1 aliphatic carbocycles. The van der Waals surface area contributed by atoms with Crippen LogP contribution < -0.4 is 10.6 Å². The third kappa shape index (κ3) is 5.08. The second kappa shape index (κ2) is 9.02. The van der Waals surface area contributed by atoms with Crippen molar-refractivity contribution in [1.82, 2.24) is 20.2 Å². The maximum atomic E-state index is 12.5. The SMILES string of the molecule is CC(C)C(=O)NCCCc1nc2ccccc2n1CC(=O)NC1CCCC1. The van der Waals surface area contributed by atoms with Crippen LogP contribution in [0.3, 0.4) is 0 Å². The van der Waals surface area contributed by atoms with Gasteiger partial charge in [-0.25, -0.2) is 4.98 Å². The highest BCUT2D eigenvalue weighted by Gasteiger charge is 2.19. The average molecular weight is 370 g/mol. The molecular weight excluding hydrogens is 340 g/mol. The first-order valence-electron chi connectivity index (χ1n) is 10.1. The average Bonchev–Trinajstić information content (AvgIpc) is 3.27. The molecule has 146 valence electrons. The van der Waals surface area contributed by atoms with Gasteiger partial charge in [0.25, 0.3) is 0 Å². The molecule has 0 unspecified atom stereocenters. The van der Waals surface area contributed by atoms with Crippen LogP contribution in [0, 0.1) is 5.92 Å². The Balaban J connectivity index is 1.65. The Kier molecular flexibility index (Phi) is 6.48. The monoisotopic (exact) mass is 370 g/mol. The number of aromatic nitrogens is 2. The van der Waals surface area contributed by atoms with Crippen molar-refractivity contribution in [2.45, 2.75) is 65.0 Å². The van der Waals surface area contributed by atoms with Crippen LogP contribution >= 0.6 is 0 Å². The number of benzene rings is 1. The van der Waals surface area contributed by atoms with Gasteiger partial charge in [-0.1, -0.05) is 38.8 Å². The first kappa shape index (κ1) is 19.4. The van der Waals surface area contributed by atoms with Gasteiger partial charge in [0.05, 0.1) is 11.0 Å². The highest BCUT2D eigenvalue weighted by atomic mass is 16.2. The summed E-state index contributed by atoms with van der Waals surface area (Å²) in [7, 11) is 0. The number of para-hydroxylation sites is 2. The van der Waals surface area contributed by atoms with Crippen LogP contribution in [0.5, 0.6) is 0 Å². The molecule has 1 aliphatic rings. The minimum Gasteiger partial charge on any atom is -0.356 e. The number of carbonyl (C=O) groups is 2. The van der Waals surface area contributed by atoms with Crippen LogP contribution in [0.1, 0.15) is 51.8 Å². The maximum Gasteiger partial charge on any atom is 0.240 e. The maximum absolute atomic E-state index is 12.5. The van der Waals surface area contributed by atoms with Gasteiger partial charge in [0.1, 0.15) is 12.4 Å². The zero-order valence-electron chi connectivity index (χ0n) is 16.3. The molecule has 2 N–H and O–H groups in total. The van der Waals surface area contributed by atoms with Crippen molar-refractivity contribution in [3.8, 4) is 0 Å². The molecule has 6 nitrogen and oxygen atoms in total. The second-order valence-electron chi connectivity index (χ2n) is 7.70. The van der Waals surface area contributed by atoms with Gasteiger partial charge >= 0.3 is 0 Å². The van der Waals surface area contributed by atoms with Crippen molar-refractivity contribution >= 4 is 22.8 Å². The molecule has 0 atom stereocenters. The summed E-state index contributed by atoms with van der Waals surface area (Å²) in [6.45, 7) is 4.69. The van der Waals surface area contributed by atoms with Crippen LogP contribution in [0.25, 0.3) is 11.0 Å². The van der Waals surface area contributed by atoms with Gasteiger partial charge in [-0.15, -0.1) is 0 Å². The lowest BCUT2D eigenvalue weighted by Crippen LogP contribution is -2.35. The number of fused-ring (bicyclic) bond motifs is 1. The van der Waals surface area contributed by atoms with E-state index in [1.54, 1.807) is 0 Å². The Morgan fingerprint density at radius 3 is 2.70 bits per heavy atom. The number of imidazole rings is 1. The van der Waals surface area contributed by atoms with Crippen LogP contribution in [0.2, 0.25) is 0 Å². The summed E-state index contributed by atoms with van der Waals surface area (Å²) in [6.07, 6.45) is 6.09. The number of hydrogen-bond acceptors (Lipinski definition) is 3. The molecule has 1 aromatic heterocycles. The molecule has 0 radical (unpaired) electrons. The lowest BCUT2D eigenvalue weighted by atomic mass is 10.2. The fourth-order valence-corrected chi connectivity index (χ4v) is 3.64. The van der Waals surface area contributed by atoms with E-state index in [0.717, 1.165) is 42.5 Å².